The molecule has 66 valence electrons. The van der Waals surface area contributed by atoms with Gasteiger partial charge in [0.05, 0.1) is 0 Å². The quantitative estimate of drug-likeness (QED) is 0.615. The van der Waals surface area contributed by atoms with Gasteiger partial charge in [0.2, 0.25) is 0 Å². The van der Waals surface area contributed by atoms with Crippen LogP contribution in [0.5, 0.6) is 0 Å². The van der Waals surface area contributed by atoms with Gasteiger partial charge in [-0.05, 0) is 25.9 Å². The van der Waals surface area contributed by atoms with Crippen LogP contribution < -0.4 is 0 Å². The highest BCUT2D eigenvalue weighted by atomic mass is 15.1. The van der Waals surface area contributed by atoms with E-state index in [1.807, 2.05) is 0 Å². The maximum Gasteiger partial charge on any atom is 0.00811 e. The normalized spacial score (nSPS) is 37.1. The van der Waals surface area contributed by atoms with E-state index < -0.39 is 0 Å². The lowest BCUT2D eigenvalue weighted by Gasteiger charge is -2.21. The molecule has 0 bridgehead atoms. The molecule has 2 unspecified atom stereocenters. The second kappa shape index (κ2) is 2.74. The first-order valence-corrected chi connectivity index (χ1v) is 4.81. The second-order valence-electron chi connectivity index (χ2n) is 4.12. The van der Waals surface area contributed by atoms with Crippen molar-refractivity contribution in [3.8, 4) is 0 Å². The Balaban J connectivity index is 1.98. The van der Waals surface area contributed by atoms with Crippen LogP contribution in [0.15, 0.2) is 24.3 Å². The third-order valence-electron chi connectivity index (χ3n) is 3.17. The summed E-state index contributed by atoms with van der Waals surface area (Å²) in [5.74, 6) is 0.844. The third-order valence-corrected chi connectivity index (χ3v) is 3.17. The Labute approximate surface area is 74.8 Å². The highest BCUT2D eigenvalue weighted by molar-refractivity contribution is 5.29. The van der Waals surface area contributed by atoms with E-state index in [0.29, 0.717) is 5.41 Å². The SMILES string of the molecule is CCN(C)CC12C=CC=CC1C2. The maximum absolute atomic E-state index is 2.41. The number of hydrogen-bond acceptors (Lipinski definition) is 1. The summed E-state index contributed by atoms with van der Waals surface area (Å²) in [6, 6.07) is 0. The zero-order valence-electron chi connectivity index (χ0n) is 7.96. The fourth-order valence-corrected chi connectivity index (χ4v) is 2.10. The van der Waals surface area contributed by atoms with Crippen LogP contribution in [0.4, 0.5) is 0 Å². The number of rotatable bonds is 3. The Morgan fingerprint density at radius 1 is 1.50 bits per heavy atom. The molecule has 1 nitrogen and oxygen atoms in total. The summed E-state index contributed by atoms with van der Waals surface area (Å²) in [6.07, 6.45) is 10.5. The Bertz CT molecular complexity index is 229. The maximum atomic E-state index is 2.41. The van der Waals surface area contributed by atoms with Crippen molar-refractivity contribution in [1.82, 2.24) is 4.90 Å². The minimum Gasteiger partial charge on any atom is -0.306 e. The van der Waals surface area contributed by atoms with E-state index in [9.17, 15) is 0 Å². The zero-order chi connectivity index (χ0) is 8.60. The van der Waals surface area contributed by atoms with Crippen molar-refractivity contribution in [2.45, 2.75) is 13.3 Å². The van der Waals surface area contributed by atoms with Gasteiger partial charge in [-0.25, -0.2) is 0 Å². The number of hydrogen-bond donors (Lipinski definition) is 0. The van der Waals surface area contributed by atoms with E-state index in [4.69, 9.17) is 0 Å². The lowest BCUT2D eigenvalue weighted by Crippen LogP contribution is -2.26. The number of fused-ring (bicyclic) bond motifs is 1. The summed E-state index contributed by atoms with van der Waals surface area (Å²) in [5, 5.41) is 0. The van der Waals surface area contributed by atoms with Gasteiger partial charge in [0.1, 0.15) is 0 Å². The molecule has 2 rings (SSSR count). The van der Waals surface area contributed by atoms with Gasteiger partial charge in [0.15, 0.2) is 0 Å². The lowest BCUT2D eigenvalue weighted by atomic mass is 9.99. The molecule has 1 saturated carbocycles. The van der Waals surface area contributed by atoms with Crippen LogP contribution >= 0.6 is 0 Å². The largest absolute Gasteiger partial charge is 0.306 e. The van der Waals surface area contributed by atoms with Crippen LogP contribution in [-0.4, -0.2) is 25.0 Å². The Hall–Kier alpha value is -0.560. The molecule has 0 N–H and O–H groups in total. The fraction of sp³-hybridized carbons (Fsp3) is 0.636. The summed E-state index contributed by atoms with van der Waals surface area (Å²) < 4.78 is 0. The van der Waals surface area contributed by atoms with Crippen molar-refractivity contribution >= 4 is 0 Å². The molecular formula is C11H17N. The van der Waals surface area contributed by atoms with Crippen molar-refractivity contribution in [2.75, 3.05) is 20.1 Å². The molecule has 0 aromatic heterocycles. The van der Waals surface area contributed by atoms with Crippen molar-refractivity contribution in [3.63, 3.8) is 0 Å². The summed E-state index contributed by atoms with van der Waals surface area (Å²) in [7, 11) is 2.20. The van der Waals surface area contributed by atoms with E-state index in [1.54, 1.807) is 0 Å². The molecule has 2 aliphatic rings. The molecule has 1 heteroatoms. The van der Waals surface area contributed by atoms with Gasteiger partial charge in [0, 0.05) is 12.0 Å². The number of nitrogens with zero attached hydrogens (tertiary/aromatic N) is 1. The van der Waals surface area contributed by atoms with E-state index in [2.05, 4.69) is 43.2 Å². The molecule has 0 aromatic carbocycles. The molecule has 0 saturated heterocycles. The Morgan fingerprint density at radius 3 is 3.00 bits per heavy atom. The van der Waals surface area contributed by atoms with Gasteiger partial charge in [-0.2, -0.15) is 0 Å². The first kappa shape index (κ1) is 8.06. The fourth-order valence-electron chi connectivity index (χ4n) is 2.10. The molecule has 1 fully saturated rings. The molecule has 0 heterocycles. The molecular weight excluding hydrogens is 146 g/mol. The highest BCUT2D eigenvalue weighted by Gasteiger charge is 2.51. The topological polar surface area (TPSA) is 3.24 Å². The van der Waals surface area contributed by atoms with E-state index in [0.717, 1.165) is 12.5 Å². The second-order valence-corrected chi connectivity index (χ2v) is 4.12. The minimum absolute atomic E-state index is 0.527. The minimum atomic E-state index is 0.527. The summed E-state index contributed by atoms with van der Waals surface area (Å²) in [4.78, 5) is 2.41. The molecule has 0 aromatic rings. The standard InChI is InChI=1S/C11H17N/c1-3-12(2)9-11-7-5-4-6-10(11)8-11/h4-7,10H,3,8-9H2,1-2H3. The Kier molecular flexibility index (Phi) is 1.84. The molecule has 0 amide bonds. The van der Waals surface area contributed by atoms with Gasteiger partial charge in [-0.15, -0.1) is 0 Å². The monoisotopic (exact) mass is 163 g/mol. The van der Waals surface area contributed by atoms with Gasteiger partial charge in [-0.1, -0.05) is 31.2 Å². The van der Waals surface area contributed by atoms with Crippen molar-refractivity contribution in [2.24, 2.45) is 11.3 Å². The summed E-state index contributed by atoms with van der Waals surface area (Å²) in [6.45, 7) is 4.61. The Morgan fingerprint density at radius 2 is 2.33 bits per heavy atom. The van der Waals surface area contributed by atoms with Gasteiger partial charge in [-0.3, -0.25) is 0 Å². The third kappa shape index (κ3) is 1.22. The van der Waals surface area contributed by atoms with E-state index >= 15 is 0 Å². The van der Waals surface area contributed by atoms with Crippen LogP contribution in [0.1, 0.15) is 13.3 Å². The van der Waals surface area contributed by atoms with Gasteiger partial charge in [0.25, 0.3) is 0 Å². The van der Waals surface area contributed by atoms with E-state index in [1.165, 1.54) is 13.0 Å². The first-order valence-electron chi connectivity index (χ1n) is 4.81. The zero-order valence-corrected chi connectivity index (χ0v) is 7.96. The smallest absolute Gasteiger partial charge is 0.00811 e. The van der Waals surface area contributed by atoms with Crippen molar-refractivity contribution in [1.29, 1.82) is 0 Å². The van der Waals surface area contributed by atoms with Crippen molar-refractivity contribution < 1.29 is 0 Å². The van der Waals surface area contributed by atoms with Gasteiger partial charge < -0.3 is 4.90 Å². The highest BCUT2D eigenvalue weighted by Crippen LogP contribution is 2.56. The molecule has 0 aliphatic heterocycles. The summed E-state index contributed by atoms with van der Waals surface area (Å²) >= 11 is 0. The van der Waals surface area contributed by atoms with Crippen LogP contribution in [0.25, 0.3) is 0 Å². The molecule has 2 atom stereocenters. The van der Waals surface area contributed by atoms with Crippen LogP contribution in [0, 0.1) is 11.3 Å². The van der Waals surface area contributed by atoms with E-state index in [-0.39, 0.29) is 0 Å². The van der Waals surface area contributed by atoms with Gasteiger partial charge >= 0.3 is 0 Å². The molecule has 2 aliphatic carbocycles. The summed E-state index contributed by atoms with van der Waals surface area (Å²) in [5.41, 5.74) is 0.527. The molecule has 0 spiro atoms. The predicted octanol–water partition coefficient (Wildman–Crippen LogP) is 2.07. The lowest BCUT2D eigenvalue weighted by molar-refractivity contribution is 0.297. The molecule has 12 heavy (non-hydrogen) atoms. The van der Waals surface area contributed by atoms with Crippen LogP contribution in [0.2, 0.25) is 0 Å². The van der Waals surface area contributed by atoms with Crippen molar-refractivity contribution in [3.05, 3.63) is 24.3 Å². The predicted molar refractivity (Wildman–Crippen MR) is 52.0 cm³/mol. The average Bonchev–Trinajstić information content (AvgIpc) is 2.78. The van der Waals surface area contributed by atoms with Crippen LogP contribution in [0.3, 0.4) is 0 Å². The first-order chi connectivity index (χ1) is 5.77. The average molecular weight is 163 g/mol. The molecule has 0 radical (unpaired) electrons. The number of allylic oxidation sites excluding steroid dienone is 3. The van der Waals surface area contributed by atoms with Crippen LogP contribution in [-0.2, 0) is 0 Å².